The van der Waals surface area contributed by atoms with E-state index in [4.69, 9.17) is 10.5 Å². The van der Waals surface area contributed by atoms with Gasteiger partial charge in [-0.05, 0) is 37.5 Å². The normalized spacial score (nSPS) is 21.2. The van der Waals surface area contributed by atoms with Crippen molar-refractivity contribution in [3.8, 4) is 5.75 Å². The summed E-state index contributed by atoms with van der Waals surface area (Å²) in [7, 11) is 0. The maximum Gasteiger partial charge on any atom is 0.406 e. The molecule has 1 atom stereocenters. The molecule has 10 heteroatoms. The molecule has 0 bridgehead atoms. The Morgan fingerprint density at radius 2 is 1.87 bits per heavy atom. The molecule has 1 aromatic carbocycles. The zero-order valence-electron chi connectivity index (χ0n) is 17.0. The Hall–Kier alpha value is -2.75. The molecule has 1 unspecified atom stereocenters. The molecule has 0 radical (unpaired) electrons. The number of carbonyl (C=O) groups is 2. The molecule has 2 aliphatic rings. The molecule has 3 heterocycles. The van der Waals surface area contributed by atoms with Crippen LogP contribution in [-0.2, 0) is 16.1 Å². The number of likely N-dealkylation sites (tertiary alicyclic amines) is 2. The summed E-state index contributed by atoms with van der Waals surface area (Å²) in [6.45, 7) is 0.246. The van der Waals surface area contributed by atoms with Gasteiger partial charge in [0.05, 0.1) is 11.6 Å². The van der Waals surface area contributed by atoms with Gasteiger partial charge in [0, 0.05) is 31.2 Å². The number of hydrogen-bond acceptors (Lipinski definition) is 4. The van der Waals surface area contributed by atoms with E-state index in [1.165, 1.54) is 0 Å². The third kappa shape index (κ3) is 4.79. The van der Waals surface area contributed by atoms with Crippen molar-refractivity contribution in [3.63, 3.8) is 0 Å². The van der Waals surface area contributed by atoms with Gasteiger partial charge in [0.15, 0.2) is 0 Å². The number of halogens is 3. The van der Waals surface area contributed by atoms with E-state index in [0.29, 0.717) is 38.1 Å². The van der Waals surface area contributed by atoms with Crippen molar-refractivity contribution < 1.29 is 27.5 Å². The number of carbonyl (C=O) groups excluding carboxylic acids is 2. The highest BCUT2D eigenvalue weighted by Gasteiger charge is 2.42. The average molecular weight is 438 g/mol. The fraction of sp³-hybridized carbons (Fsp3) is 0.524. The summed E-state index contributed by atoms with van der Waals surface area (Å²) < 4.78 is 45.9. The molecule has 2 aliphatic heterocycles. The lowest BCUT2D eigenvalue weighted by molar-refractivity contribution is -0.159. The molecule has 2 aromatic rings. The highest BCUT2D eigenvalue weighted by molar-refractivity contribution is 5.88. The van der Waals surface area contributed by atoms with Crippen LogP contribution in [0.15, 0.2) is 30.5 Å². The summed E-state index contributed by atoms with van der Waals surface area (Å²) in [5.74, 6) is -0.142. The van der Waals surface area contributed by atoms with Gasteiger partial charge in [-0.15, -0.1) is 0 Å². The van der Waals surface area contributed by atoms with E-state index in [1.807, 2.05) is 29.2 Å². The van der Waals surface area contributed by atoms with Gasteiger partial charge >= 0.3 is 6.18 Å². The second-order valence-corrected chi connectivity index (χ2v) is 8.13. The van der Waals surface area contributed by atoms with Crippen LogP contribution in [-0.4, -0.2) is 70.7 Å². The van der Waals surface area contributed by atoms with E-state index in [1.54, 1.807) is 10.8 Å². The molecular formula is C21H25F3N4O3. The Balaban J connectivity index is 1.35. The maximum atomic E-state index is 12.6. The van der Waals surface area contributed by atoms with Crippen molar-refractivity contribution >= 4 is 22.7 Å². The lowest BCUT2D eigenvalue weighted by Gasteiger charge is -2.35. The number of amides is 2. The number of alkyl halides is 3. The Morgan fingerprint density at radius 3 is 2.55 bits per heavy atom. The molecule has 2 N–H and O–H groups in total. The fourth-order valence-electron chi connectivity index (χ4n) is 4.52. The van der Waals surface area contributed by atoms with Crippen LogP contribution in [0, 0.1) is 0 Å². The first-order valence-corrected chi connectivity index (χ1v) is 10.3. The first-order valence-electron chi connectivity index (χ1n) is 10.3. The first-order chi connectivity index (χ1) is 14.7. The van der Waals surface area contributed by atoms with Crippen molar-refractivity contribution in [2.24, 2.45) is 5.73 Å². The van der Waals surface area contributed by atoms with Crippen molar-refractivity contribution in [2.45, 2.75) is 44.1 Å². The van der Waals surface area contributed by atoms with E-state index in [0.717, 1.165) is 15.8 Å². The standard InChI is InChI=1S/C21H25F3N4O3/c22-21(23,24)13-28-11-7-17(20(28)30)26-8-4-14(5-9-26)31-18-3-1-2-16-15(18)6-10-27(16)12-19(25)29/h1-3,6,10,14,17H,4-5,7-9,11-13H2,(H2,25,29). The van der Waals surface area contributed by atoms with Crippen molar-refractivity contribution in [2.75, 3.05) is 26.2 Å². The Morgan fingerprint density at radius 1 is 1.13 bits per heavy atom. The second kappa shape index (κ2) is 8.41. The largest absolute Gasteiger partial charge is 0.490 e. The zero-order chi connectivity index (χ0) is 22.2. The number of piperidine rings is 1. The van der Waals surface area contributed by atoms with Gasteiger partial charge in [-0.25, -0.2) is 0 Å². The smallest absolute Gasteiger partial charge is 0.406 e. The van der Waals surface area contributed by atoms with Gasteiger partial charge in [-0.2, -0.15) is 13.2 Å². The molecular weight excluding hydrogens is 413 g/mol. The number of nitrogens with zero attached hydrogens (tertiary/aromatic N) is 3. The molecule has 2 fully saturated rings. The Kier molecular flexibility index (Phi) is 5.83. The monoisotopic (exact) mass is 438 g/mol. The molecule has 0 aliphatic carbocycles. The number of nitrogens with two attached hydrogens (primary N) is 1. The van der Waals surface area contributed by atoms with Crippen LogP contribution in [0.4, 0.5) is 13.2 Å². The number of hydrogen-bond donors (Lipinski definition) is 1. The molecule has 7 nitrogen and oxygen atoms in total. The topological polar surface area (TPSA) is 80.8 Å². The van der Waals surface area contributed by atoms with Gasteiger partial charge < -0.3 is 19.9 Å². The van der Waals surface area contributed by atoms with Gasteiger partial charge in [0.2, 0.25) is 11.8 Å². The molecule has 1 aromatic heterocycles. The number of benzene rings is 1. The van der Waals surface area contributed by atoms with Crippen molar-refractivity contribution in [1.82, 2.24) is 14.4 Å². The number of ether oxygens (including phenoxy) is 1. The van der Waals surface area contributed by atoms with Crippen molar-refractivity contribution in [3.05, 3.63) is 30.5 Å². The first kappa shape index (κ1) is 21.5. The van der Waals surface area contributed by atoms with E-state index in [9.17, 15) is 22.8 Å². The Bertz CT molecular complexity index is 966. The molecule has 168 valence electrons. The number of aromatic nitrogens is 1. The van der Waals surface area contributed by atoms with Gasteiger partial charge in [-0.3, -0.25) is 14.5 Å². The van der Waals surface area contributed by atoms with Crippen LogP contribution < -0.4 is 10.5 Å². The molecule has 0 saturated carbocycles. The summed E-state index contributed by atoms with van der Waals surface area (Å²) in [6, 6.07) is 7.03. The van der Waals surface area contributed by atoms with Gasteiger partial charge in [0.25, 0.3) is 0 Å². The minimum absolute atomic E-state index is 0.0517. The summed E-state index contributed by atoms with van der Waals surface area (Å²) in [4.78, 5) is 26.5. The van der Waals surface area contributed by atoms with Gasteiger partial charge in [-0.1, -0.05) is 6.07 Å². The van der Waals surface area contributed by atoms with Crippen LogP contribution in [0.5, 0.6) is 5.75 Å². The van der Waals surface area contributed by atoms with E-state index >= 15 is 0 Å². The predicted molar refractivity (Wildman–Crippen MR) is 107 cm³/mol. The van der Waals surface area contributed by atoms with Crippen LogP contribution >= 0.6 is 0 Å². The molecule has 4 rings (SSSR count). The molecule has 31 heavy (non-hydrogen) atoms. The summed E-state index contributed by atoms with van der Waals surface area (Å²) in [6.07, 6.45) is -0.841. The quantitative estimate of drug-likeness (QED) is 0.750. The highest BCUT2D eigenvalue weighted by atomic mass is 19.4. The van der Waals surface area contributed by atoms with Gasteiger partial charge in [0.1, 0.15) is 24.9 Å². The van der Waals surface area contributed by atoms with Crippen LogP contribution in [0.25, 0.3) is 10.9 Å². The fourth-order valence-corrected chi connectivity index (χ4v) is 4.52. The third-order valence-corrected chi connectivity index (χ3v) is 5.95. The average Bonchev–Trinajstić information content (AvgIpc) is 3.26. The summed E-state index contributed by atoms with van der Waals surface area (Å²) >= 11 is 0. The number of primary amides is 1. The number of fused-ring (bicyclic) bond motifs is 1. The van der Waals surface area contributed by atoms with Crippen molar-refractivity contribution in [1.29, 1.82) is 0 Å². The van der Waals surface area contributed by atoms with E-state index in [-0.39, 0.29) is 19.2 Å². The lowest BCUT2D eigenvalue weighted by atomic mass is 10.0. The van der Waals surface area contributed by atoms with E-state index in [2.05, 4.69) is 0 Å². The number of rotatable bonds is 6. The zero-order valence-corrected chi connectivity index (χ0v) is 17.0. The molecule has 2 saturated heterocycles. The second-order valence-electron chi connectivity index (χ2n) is 8.13. The Labute approximate surface area is 177 Å². The van der Waals surface area contributed by atoms with Crippen LogP contribution in [0.3, 0.4) is 0 Å². The lowest BCUT2D eigenvalue weighted by Crippen LogP contribution is -2.48. The highest BCUT2D eigenvalue weighted by Crippen LogP contribution is 2.30. The maximum absolute atomic E-state index is 12.6. The predicted octanol–water partition coefficient (Wildman–Crippen LogP) is 2.13. The summed E-state index contributed by atoms with van der Waals surface area (Å²) in [5.41, 5.74) is 6.15. The van der Waals surface area contributed by atoms with Crippen LogP contribution in [0.2, 0.25) is 0 Å². The van der Waals surface area contributed by atoms with Crippen LogP contribution in [0.1, 0.15) is 19.3 Å². The molecule has 2 amide bonds. The minimum Gasteiger partial charge on any atom is -0.490 e. The molecule has 0 spiro atoms. The minimum atomic E-state index is -4.37. The van der Waals surface area contributed by atoms with E-state index < -0.39 is 30.6 Å². The third-order valence-electron chi connectivity index (χ3n) is 5.95. The SMILES string of the molecule is NC(=O)Cn1ccc2c(OC3CCN(C4CCN(CC(F)(F)F)C4=O)CC3)cccc21. The summed E-state index contributed by atoms with van der Waals surface area (Å²) in [5, 5.41) is 0.889.